The quantitative estimate of drug-likeness (QED) is 0.584. The van der Waals surface area contributed by atoms with Crippen molar-refractivity contribution in [2.75, 3.05) is 19.8 Å². The van der Waals surface area contributed by atoms with Crippen LogP contribution in [0.15, 0.2) is 0 Å². The number of rotatable bonds is 5. The molecule has 1 aliphatic rings. The zero-order valence-electron chi connectivity index (χ0n) is 9.36. The molecule has 0 aromatic rings. The molecule has 0 radical (unpaired) electrons. The third-order valence-corrected chi connectivity index (χ3v) is 2.47. The van der Waals surface area contributed by atoms with E-state index < -0.39 is 12.0 Å². The summed E-state index contributed by atoms with van der Waals surface area (Å²) in [7, 11) is 0. The highest BCUT2D eigenvalue weighted by molar-refractivity contribution is 5.83. The smallest absolute Gasteiger partial charge is 0.326 e. The summed E-state index contributed by atoms with van der Waals surface area (Å²) < 4.78 is 5.20. The van der Waals surface area contributed by atoms with Gasteiger partial charge in [0.1, 0.15) is 6.04 Å². The molecule has 1 aliphatic heterocycles. The summed E-state index contributed by atoms with van der Waals surface area (Å²) >= 11 is 0. The molecule has 92 valence electrons. The van der Waals surface area contributed by atoms with E-state index in [1.54, 1.807) is 6.92 Å². The van der Waals surface area contributed by atoms with Crippen molar-refractivity contribution in [2.45, 2.75) is 31.8 Å². The zero-order chi connectivity index (χ0) is 12.0. The first-order valence-corrected chi connectivity index (χ1v) is 5.46. The van der Waals surface area contributed by atoms with E-state index in [4.69, 9.17) is 9.84 Å². The van der Waals surface area contributed by atoms with Crippen LogP contribution in [-0.4, -0.2) is 48.8 Å². The molecule has 0 bridgehead atoms. The van der Waals surface area contributed by atoms with Gasteiger partial charge in [-0.25, -0.2) is 4.79 Å². The SMILES string of the molecule is CC[C@H](NC(=O)CC1COCCN1)C(=O)O. The first-order valence-electron chi connectivity index (χ1n) is 5.46. The molecule has 6 heteroatoms. The van der Waals surface area contributed by atoms with Gasteiger partial charge in [-0.3, -0.25) is 4.79 Å². The molecule has 0 spiro atoms. The predicted molar refractivity (Wildman–Crippen MR) is 57.1 cm³/mol. The Balaban J connectivity index is 2.31. The van der Waals surface area contributed by atoms with E-state index in [2.05, 4.69) is 10.6 Å². The van der Waals surface area contributed by atoms with Crippen molar-refractivity contribution in [1.29, 1.82) is 0 Å². The molecular formula is C10H18N2O4. The fourth-order valence-electron chi connectivity index (χ4n) is 1.57. The number of ether oxygens (including phenoxy) is 1. The van der Waals surface area contributed by atoms with Gasteiger partial charge in [-0.1, -0.05) is 6.92 Å². The van der Waals surface area contributed by atoms with Crippen LogP contribution in [0.4, 0.5) is 0 Å². The molecule has 1 fully saturated rings. The summed E-state index contributed by atoms with van der Waals surface area (Å²) in [5, 5.41) is 14.4. The molecule has 1 heterocycles. The van der Waals surface area contributed by atoms with Crippen molar-refractivity contribution in [1.82, 2.24) is 10.6 Å². The van der Waals surface area contributed by atoms with Crippen molar-refractivity contribution in [2.24, 2.45) is 0 Å². The average Bonchev–Trinajstić information content (AvgIpc) is 2.27. The van der Waals surface area contributed by atoms with Gasteiger partial charge in [0.25, 0.3) is 0 Å². The number of carbonyl (C=O) groups excluding carboxylic acids is 1. The largest absolute Gasteiger partial charge is 0.480 e. The lowest BCUT2D eigenvalue weighted by Crippen LogP contribution is -2.47. The van der Waals surface area contributed by atoms with E-state index >= 15 is 0 Å². The lowest BCUT2D eigenvalue weighted by Gasteiger charge is -2.23. The maximum absolute atomic E-state index is 11.5. The Kier molecular flexibility index (Phi) is 5.21. The van der Waals surface area contributed by atoms with Crippen molar-refractivity contribution in [3.63, 3.8) is 0 Å². The number of amides is 1. The molecule has 0 aromatic heterocycles. The zero-order valence-corrected chi connectivity index (χ0v) is 9.36. The maximum Gasteiger partial charge on any atom is 0.326 e. The molecule has 0 saturated carbocycles. The number of morpholine rings is 1. The summed E-state index contributed by atoms with van der Waals surface area (Å²) in [4.78, 5) is 22.2. The fraction of sp³-hybridized carbons (Fsp3) is 0.800. The number of hydrogen-bond acceptors (Lipinski definition) is 4. The van der Waals surface area contributed by atoms with E-state index in [1.165, 1.54) is 0 Å². The first-order chi connectivity index (χ1) is 7.63. The van der Waals surface area contributed by atoms with Crippen LogP contribution in [0.2, 0.25) is 0 Å². The van der Waals surface area contributed by atoms with Gasteiger partial charge in [0.15, 0.2) is 0 Å². The summed E-state index contributed by atoms with van der Waals surface area (Å²) in [6, 6.07) is -0.808. The number of carboxylic acid groups (broad SMARTS) is 1. The number of carbonyl (C=O) groups is 2. The minimum atomic E-state index is -0.997. The Hall–Kier alpha value is -1.14. The minimum absolute atomic E-state index is 0.0138. The molecular weight excluding hydrogens is 212 g/mol. The van der Waals surface area contributed by atoms with Crippen molar-refractivity contribution >= 4 is 11.9 Å². The van der Waals surface area contributed by atoms with Gasteiger partial charge in [-0.05, 0) is 6.42 Å². The highest BCUT2D eigenvalue weighted by Crippen LogP contribution is 2.00. The van der Waals surface area contributed by atoms with Gasteiger partial charge in [0.2, 0.25) is 5.91 Å². The molecule has 0 aliphatic carbocycles. The molecule has 2 atom stereocenters. The lowest BCUT2D eigenvalue weighted by atomic mass is 10.1. The van der Waals surface area contributed by atoms with Gasteiger partial charge in [-0.15, -0.1) is 0 Å². The van der Waals surface area contributed by atoms with Gasteiger partial charge in [0.05, 0.1) is 13.2 Å². The van der Waals surface area contributed by atoms with Crippen LogP contribution in [0.3, 0.4) is 0 Å². The second kappa shape index (κ2) is 6.44. The van der Waals surface area contributed by atoms with Crippen molar-refractivity contribution < 1.29 is 19.4 Å². The minimum Gasteiger partial charge on any atom is -0.480 e. The maximum atomic E-state index is 11.5. The Morgan fingerprint density at radius 1 is 1.62 bits per heavy atom. The third kappa shape index (κ3) is 4.16. The summed E-state index contributed by atoms with van der Waals surface area (Å²) in [6.07, 6.45) is 0.638. The second-order valence-corrected chi connectivity index (χ2v) is 3.80. The molecule has 16 heavy (non-hydrogen) atoms. The molecule has 1 unspecified atom stereocenters. The summed E-state index contributed by atoms with van der Waals surface area (Å²) in [6.45, 7) is 3.61. The highest BCUT2D eigenvalue weighted by atomic mass is 16.5. The van der Waals surface area contributed by atoms with Crippen LogP contribution in [0.5, 0.6) is 0 Å². The van der Waals surface area contributed by atoms with Crippen LogP contribution >= 0.6 is 0 Å². The molecule has 0 aromatic carbocycles. The normalized spacial score (nSPS) is 22.4. The summed E-state index contributed by atoms with van der Waals surface area (Å²) in [5.41, 5.74) is 0. The first kappa shape index (κ1) is 12.9. The van der Waals surface area contributed by atoms with E-state index in [0.717, 1.165) is 6.54 Å². The Bertz CT molecular complexity index is 251. The monoisotopic (exact) mass is 230 g/mol. The molecule has 6 nitrogen and oxygen atoms in total. The number of carboxylic acids is 1. The van der Waals surface area contributed by atoms with Gasteiger partial charge in [0, 0.05) is 19.0 Å². The van der Waals surface area contributed by atoms with Crippen molar-refractivity contribution in [3.8, 4) is 0 Å². The average molecular weight is 230 g/mol. The lowest BCUT2D eigenvalue weighted by molar-refractivity contribution is -0.142. The van der Waals surface area contributed by atoms with Crippen LogP contribution in [0.1, 0.15) is 19.8 Å². The van der Waals surface area contributed by atoms with Gasteiger partial charge in [-0.2, -0.15) is 0 Å². The van der Waals surface area contributed by atoms with E-state index in [9.17, 15) is 9.59 Å². The van der Waals surface area contributed by atoms with Crippen LogP contribution in [0, 0.1) is 0 Å². The van der Waals surface area contributed by atoms with Gasteiger partial charge >= 0.3 is 5.97 Å². The number of hydrogen-bond donors (Lipinski definition) is 3. The Morgan fingerprint density at radius 2 is 2.38 bits per heavy atom. The number of nitrogens with one attached hydrogen (secondary N) is 2. The van der Waals surface area contributed by atoms with E-state index in [1.807, 2.05) is 0 Å². The molecule has 1 amide bonds. The standard InChI is InChI=1S/C10H18N2O4/c1-2-8(10(14)15)12-9(13)5-7-6-16-4-3-11-7/h7-8,11H,2-6H2,1H3,(H,12,13)(H,14,15)/t7?,8-/m0/s1. The third-order valence-electron chi connectivity index (χ3n) is 2.47. The molecule has 3 N–H and O–H groups in total. The fourth-order valence-corrected chi connectivity index (χ4v) is 1.57. The van der Waals surface area contributed by atoms with E-state index in [0.29, 0.717) is 19.6 Å². The highest BCUT2D eigenvalue weighted by Gasteiger charge is 2.21. The van der Waals surface area contributed by atoms with Crippen LogP contribution in [-0.2, 0) is 14.3 Å². The van der Waals surface area contributed by atoms with Crippen LogP contribution in [0.25, 0.3) is 0 Å². The number of aliphatic carboxylic acids is 1. The second-order valence-electron chi connectivity index (χ2n) is 3.80. The summed E-state index contributed by atoms with van der Waals surface area (Å²) in [5.74, 6) is -1.25. The van der Waals surface area contributed by atoms with Crippen LogP contribution < -0.4 is 10.6 Å². The Labute approximate surface area is 94.3 Å². The topological polar surface area (TPSA) is 87.7 Å². The molecule has 1 rings (SSSR count). The Morgan fingerprint density at radius 3 is 2.88 bits per heavy atom. The van der Waals surface area contributed by atoms with Crippen molar-refractivity contribution in [3.05, 3.63) is 0 Å². The van der Waals surface area contributed by atoms with Gasteiger partial charge < -0.3 is 20.5 Å². The van der Waals surface area contributed by atoms with E-state index in [-0.39, 0.29) is 18.4 Å². The molecule has 1 saturated heterocycles. The predicted octanol–water partition coefficient (Wildman–Crippen LogP) is -0.656.